The molecule has 2 aliphatic carbocycles. The van der Waals surface area contributed by atoms with E-state index >= 15 is 0 Å². The van der Waals surface area contributed by atoms with Gasteiger partial charge in [0.05, 0.1) is 12.7 Å². The van der Waals surface area contributed by atoms with Gasteiger partial charge in [0.25, 0.3) is 0 Å². The van der Waals surface area contributed by atoms with Crippen LogP contribution in [-0.2, 0) is 4.74 Å². The zero-order valence-electron chi connectivity index (χ0n) is 11.1. The van der Waals surface area contributed by atoms with Crippen LogP contribution >= 0.6 is 0 Å². The summed E-state index contributed by atoms with van der Waals surface area (Å²) in [5.74, 6) is 0.956. The average molecular weight is 241 g/mol. The molecule has 2 saturated carbocycles. The zero-order valence-corrected chi connectivity index (χ0v) is 11.1. The molecule has 2 unspecified atom stereocenters. The molecule has 2 aliphatic rings. The van der Waals surface area contributed by atoms with E-state index in [2.05, 4.69) is 12.2 Å². The van der Waals surface area contributed by atoms with Gasteiger partial charge in [-0.15, -0.1) is 0 Å². The lowest BCUT2D eigenvalue weighted by atomic mass is 9.98. The van der Waals surface area contributed by atoms with E-state index in [4.69, 9.17) is 4.74 Å². The summed E-state index contributed by atoms with van der Waals surface area (Å²) in [5, 5.41) is 13.1. The van der Waals surface area contributed by atoms with Gasteiger partial charge in [0.1, 0.15) is 0 Å². The molecule has 0 radical (unpaired) electrons. The average Bonchev–Trinajstić information content (AvgIpc) is 3.08. The Kier molecular flexibility index (Phi) is 4.83. The summed E-state index contributed by atoms with van der Waals surface area (Å²) in [6.07, 6.45) is 8.68. The topological polar surface area (TPSA) is 41.5 Å². The van der Waals surface area contributed by atoms with Gasteiger partial charge in [-0.05, 0) is 44.6 Å². The van der Waals surface area contributed by atoms with Gasteiger partial charge in [0, 0.05) is 12.1 Å². The second-order valence-electron chi connectivity index (χ2n) is 5.83. The molecule has 100 valence electrons. The van der Waals surface area contributed by atoms with Crippen molar-refractivity contribution in [2.45, 2.75) is 63.5 Å². The van der Waals surface area contributed by atoms with Gasteiger partial charge in [-0.2, -0.15) is 0 Å². The Morgan fingerprint density at radius 3 is 2.82 bits per heavy atom. The molecule has 2 atom stereocenters. The normalized spacial score (nSPS) is 33.2. The van der Waals surface area contributed by atoms with Crippen molar-refractivity contribution in [3.05, 3.63) is 0 Å². The fourth-order valence-electron chi connectivity index (χ4n) is 2.78. The zero-order chi connectivity index (χ0) is 12.1. The lowest BCUT2D eigenvalue weighted by Gasteiger charge is -2.28. The van der Waals surface area contributed by atoms with Crippen molar-refractivity contribution >= 4 is 0 Å². The van der Waals surface area contributed by atoms with Gasteiger partial charge in [-0.3, -0.25) is 0 Å². The Bertz CT molecular complexity index is 230. The van der Waals surface area contributed by atoms with Crippen LogP contribution in [0.5, 0.6) is 0 Å². The van der Waals surface area contributed by atoms with E-state index in [0.717, 1.165) is 44.8 Å². The predicted molar refractivity (Wildman–Crippen MR) is 69.0 cm³/mol. The Labute approximate surface area is 105 Å². The number of aliphatic hydroxyl groups is 1. The van der Waals surface area contributed by atoms with Crippen LogP contribution in [0.2, 0.25) is 0 Å². The lowest BCUT2D eigenvalue weighted by molar-refractivity contribution is 0.0433. The first-order valence-electron chi connectivity index (χ1n) is 7.25. The minimum Gasteiger partial charge on any atom is -0.394 e. The van der Waals surface area contributed by atoms with E-state index < -0.39 is 0 Å². The Morgan fingerprint density at radius 2 is 2.18 bits per heavy atom. The van der Waals surface area contributed by atoms with Crippen LogP contribution in [0.1, 0.15) is 51.9 Å². The largest absolute Gasteiger partial charge is 0.394 e. The van der Waals surface area contributed by atoms with E-state index in [1.807, 2.05) is 0 Å². The molecule has 0 spiro atoms. The fraction of sp³-hybridized carbons (Fsp3) is 1.00. The number of nitrogens with one attached hydrogen (secondary N) is 1. The van der Waals surface area contributed by atoms with Crippen molar-refractivity contribution in [2.75, 3.05) is 19.8 Å². The molecule has 0 aromatic rings. The molecule has 0 heterocycles. The first-order chi connectivity index (χ1) is 8.28. The van der Waals surface area contributed by atoms with Crippen LogP contribution < -0.4 is 5.32 Å². The maximum atomic E-state index is 9.57. The fourth-order valence-corrected chi connectivity index (χ4v) is 2.78. The van der Waals surface area contributed by atoms with Crippen molar-refractivity contribution in [1.82, 2.24) is 5.32 Å². The highest BCUT2D eigenvalue weighted by molar-refractivity contribution is 4.96. The molecule has 0 amide bonds. The highest BCUT2D eigenvalue weighted by atomic mass is 16.5. The summed E-state index contributed by atoms with van der Waals surface area (Å²) < 4.78 is 5.94. The minimum atomic E-state index is -0.0553. The third-order valence-corrected chi connectivity index (χ3v) is 4.19. The van der Waals surface area contributed by atoms with Crippen LogP contribution in [0.25, 0.3) is 0 Å². The monoisotopic (exact) mass is 241 g/mol. The van der Waals surface area contributed by atoms with Gasteiger partial charge in [0.2, 0.25) is 0 Å². The van der Waals surface area contributed by atoms with Gasteiger partial charge in [-0.1, -0.05) is 19.8 Å². The molecule has 3 nitrogen and oxygen atoms in total. The second-order valence-corrected chi connectivity index (χ2v) is 5.83. The summed E-state index contributed by atoms with van der Waals surface area (Å²) in [5.41, 5.74) is -0.0553. The first kappa shape index (κ1) is 13.3. The molecule has 2 N–H and O–H groups in total. The molecule has 2 rings (SSSR count). The first-order valence-corrected chi connectivity index (χ1v) is 7.25. The predicted octanol–water partition coefficient (Wildman–Crippen LogP) is 2.09. The summed E-state index contributed by atoms with van der Waals surface area (Å²) >= 11 is 0. The smallest absolute Gasteiger partial charge is 0.0614 e. The van der Waals surface area contributed by atoms with E-state index in [1.54, 1.807) is 0 Å². The van der Waals surface area contributed by atoms with E-state index in [9.17, 15) is 5.11 Å². The SMILES string of the molecule is CCCNC1(CO)CCC(OCCC2CC2)C1. The Morgan fingerprint density at radius 1 is 1.35 bits per heavy atom. The molecule has 0 aromatic heterocycles. The molecular formula is C14H27NO2. The quantitative estimate of drug-likeness (QED) is 0.683. The highest BCUT2D eigenvalue weighted by Gasteiger charge is 2.38. The van der Waals surface area contributed by atoms with Crippen LogP contribution in [0.4, 0.5) is 0 Å². The number of rotatable bonds is 8. The maximum absolute atomic E-state index is 9.57. The van der Waals surface area contributed by atoms with Crippen LogP contribution in [0, 0.1) is 5.92 Å². The van der Waals surface area contributed by atoms with E-state index in [-0.39, 0.29) is 12.1 Å². The molecule has 17 heavy (non-hydrogen) atoms. The highest BCUT2D eigenvalue weighted by Crippen LogP contribution is 2.34. The molecule has 3 heteroatoms. The van der Waals surface area contributed by atoms with Gasteiger partial charge < -0.3 is 15.2 Å². The van der Waals surface area contributed by atoms with Gasteiger partial charge in [0.15, 0.2) is 0 Å². The summed E-state index contributed by atoms with van der Waals surface area (Å²) in [4.78, 5) is 0. The van der Waals surface area contributed by atoms with E-state index in [1.165, 1.54) is 19.3 Å². The maximum Gasteiger partial charge on any atom is 0.0614 e. The van der Waals surface area contributed by atoms with Gasteiger partial charge in [-0.25, -0.2) is 0 Å². The second kappa shape index (κ2) is 6.17. The number of hydrogen-bond donors (Lipinski definition) is 2. The van der Waals surface area contributed by atoms with Crippen LogP contribution in [0.3, 0.4) is 0 Å². The molecule has 0 bridgehead atoms. The van der Waals surface area contributed by atoms with Crippen molar-refractivity contribution in [3.8, 4) is 0 Å². The number of aliphatic hydroxyl groups excluding tert-OH is 1. The number of ether oxygens (including phenoxy) is 1. The summed E-state index contributed by atoms with van der Waals surface area (Å²) in [6, 6.07) is 0. The van der Waals surface area contributed by atoms with Crippen LogP contribution in [0.15, 0.2) is 0 Å². The minimum absolute atomic E-state index is 0.0553. The molecule has 0 saturated heterocycles. The third kappa shape index (κ3) is 3.94. The standard InChI is InChI=1S/C14H27NO2/c1-2-8-15-14(11-16)7-5-13(10-14)17-9-6-12-3-4-12/h12-13,15-16H,2-11H2,1H3. The number of hydrogen-bond acceptors (Lipinski definition) is 3. The van der Waals surface area contributed by atoms with Crippen molar-refractivity contribution in [2.24, 2.45) is 5.92 Å². The molecular weight excluding hydrogens is 214 g/mol. The Hall–Kier alpha value is -0.120. The molecule has 2 fully saturated rings. The molecule has 0 aliphatic heterocycles. The van der Waals surface area contributed by atoms with Crippen molar-refractivity contribution in [1.29, 1.82) is 0 Å². The van der Waals surface area contributed by atoms with Crippen molar-refractivity contribution < 1.29 is 9.84 Å². The summed E-state index contributed by atoms with van der Waals surface area (Å²) in [6.45, 7) is 4.33. The molecule has 0 aromatic carbocycles. The Balaban J connectivity index is 1.67. The lowest BCUT2D eigenvalue weighted by Crippen LogP contribution is -2.47. The van der Waals surface area contributed by atoms with E-state index in [0.29, 0.717) is 6.10 Å². The van der Waals surface area contributed by atoms with Crippen molar-refractivity contribution in [3.63, 3.8) is 0 Å². The summed E-state index contributed by atoms with van der Waals surface area (Å²) in [7, 11) is 0. The third-order valence-electron chi connectivity index (χ3n) is 4.19. The van der Waals surface area contributed by atoms with Crippen LogP contribution in [-0.4, -0.2) is 36.5 Å². The van der Waals surface area contributed by atoms with Gasteiger partial charge >= 0.3 is 0 Å².